The summed E-state index contributed by atoms with van der Waals surface area (Å²) in [5.74, 6) is 0.520. The molecule has 0 fully saturated rings. The standard InChI is InChI=1S/C15H33N3O2/c1-3-5-11-19-13-7-9-17-15(16)18-10-8-14-20-12-6-4-2/h3-14H2,1-2H3,(H3,16,17,18). The Hall–Kier alpha value is -0.810. The molecule has 0 bridgehead atoms. The number of rotatable bonds is 14. The number of aliphatic imine (C=N–C) groups is 1. The van der Waals surface area contributed by atoms with Gasteiger partial charge in [0.15, 0.2) is 5.96 Å². The highest BCUT2D eigenvalue weighted by atomic mass is 16.5. The van der Waals surface area contributed by atoms with E-state index in [2.05, 4.69) is 24.2 Å². The molecule has 0 aromatic carbocycles. The molecule has 0 amide bonds. The molecule has 0 aliphatic carbocycles. The molecule has 0 rings (SSSR count). The van der Waals surface area contributed by atoms with Crippen molar-refractivity contribution in [1.29, 1.82) is 0 Å². The van der Waals surface area contributed by atoms with Crippen LogP contribution in [-0.4, -0.2) is 45.5 Å². The van der Waals surface area contributed by atoms with Gasteiger partial charge < -0.3 is 20.5 Å². The summed E-state index contributed by atoms with van der Waals surface area (Å²) in [5.41, 5.74) is 5.76. The van der Waals surface area contributed by atoms with Crippen LogP contribution in [0.15, 0.2) is 4.99 Å². The van der Waals surface area contributed by atoms with Crippen molar-refractivity contribution in [2.75, 3.05) is 39.5 Å². The summed E-state index contributed by atoms with van der Waals surface area (Å²) >= 11 is 0. The molecule has 0 aromatic heterocycles. The number of hydrogen-bond acceptors (Lipinski definition) is 3. The molecular weight excluding hydrogens is 254 g/mol. The van der Waals surface area contributed by atoms with E-state index in [1.54, 1.807) is 0 Å². The minimum absolute atomic E-state index is 0.520. The third-order valence-corrected chi connectivity index (χ3v) is 2.78. The molecule has 0 saturated heterocycles. The Labute approximate surface area is 124 Å². The smallest absolute Gasteiger partial charge is 0.188 e. The minimum Gasteiger partial charge on any atom is -0.381 e. The second-order valence-corrected chi connectivity index (χ2v) is 4.83. The number of nitrogens with one attached hydrogen (secondary N) is 1. The molecule has 0 heterocycles. The van der Waals surface area contributed by atoms with Crippen LogP contribution in [-0.2, 0) is 9.47 Å². The van der Waals surface area contributed by atoms with Crippen LogP contribution in [0.2, 0.25) is 0 Å². The fraction of sp³-hybridized carbons (Fsp3) is 0.933. The lowest BCUT2D eigenvalue weighted by atomic mass is 10.4. The van der Waals surface area contributed by atoms with Crippen molar-refractivity contribution < 1.29 is 9.47 Å². The van der Waals surface area contributed by atoms with E-state index in [1.165, 1.54) is 12.8 Å². The first-order chi connectivity index (χ1) is 9.81. The highest BCUT2D eigenvalue weighted by Crippen LogP contribution is 1.91. The van der Waals surface area contributed by atoms with Crippen LogP contribution in [0.1, 0.15) is 52.4 Å². The lowest BCUT2D eigenvalue weighted by Crippen LogP contribution is -2.33. The Morgan fingerprint density at radius 2 is 1.45 bits per heavy atom. The largest absolute Gasteiger partial charge is 0.381 e. The average Bonchev–Trinajstić information content (AvgIpc) is 2.45. The summed E-state index contributed by atoms with van der Waals surface area (Å²) in [5, 5.41) is 3.09. The third-order valence-electron chi connectivity index (χ3n) is 2.78. The van der Waals surface area contributed by atoms with Crippen molar-refractivity contribution in [3.63, 3.8) is 0 Å². The minimum atomic E-state index is 0.520. The van der Waals surface area contributed by atoms with Crippen molar-refractivity contribution in [3.8, 4) is 0 Å². The molecule has 0 radical (unpaired) electrons. The number of nitrogens with zero attached hydrogens (tertiary/aromatic N) is 1. The Balaban J connectivity index is 3.25. The molecule has 0 aliphatic heterocycles. The van der Waals surface area contributed by atoms with E-state index < -0.39 is 0 Å². The second kappa shape index (κ2) is 16.2. The predicted molar refractivity (Wildman–Crippen MR) is 85.2 cm³/mol. The van der Waals surface area contributed by atoms with Gasteiger partial charge in [0.1, 0.15) is 0 Å². The van der Waals surface area contributed by atoms with Crippen LogP contribution in [0.4, 0.5) is 0 Å². The quantitative estimate of drug-likeness (QED) is 0.292. The third kappa shape index (κ3) is 15.2. The molecular formula is C15H33N3O2. The molecule has 20 heavy (non-hydrogen) atoms. The molecule has 5 heteroatoms. The predicted octanol–water partition coefficient (Wildman–Crippen LogP) is 2.30. The van der Waals surface area contributed by atoms with Gasteiger partial charge in [0.25, 0.3) is 0 Å². The number of ether oxygens (including phenoxy) is 2. The fourth-order valence-electron chi connectivity index (χ4n) is 1.51. The van der Waals surface area contributed by atoms with Crippen LogP contribution in [0.5, 0.6) is 0 Å². The zero-order valence-electron chi connectivity index (χ0n) is 13.3. The molecule has 120 valence electrons. The van der Waals surface area contributed by atoms with E-state index in [9.17, 15) is 0 Å². The Morgan fingerprint density at radius 1 is 0.900 bits per heavy atom. The topological polar surface area (TPSA) is 68.9 Å². The van der Waals surface area contributed by atoms with Gasteiger partial charge in [-0.1, -0.05) is 26.7 Å². The van der Waals surface area contributed by atoms with Gasteiger partial charge in [-0.15, -0.1) is 0 Å². The second-order valence-electron chi connectivity index (χ2n) is 4.83. The lowest BCUT2D eigenvalue weighted by Gasteiger charge is -2.06. The number of unbranched alkanes of at least 4 members (excludes halogenated alkanes) is 2. The average molecular weight is 287 g/mol. The van der Waals surface area contributed by atoms with Crippen LogP contribution >= 0.6 is 0 Å². The maximum Gasteiger partial charge on any atom is 0.188 e. The molecule has 3 N–H and O–H groups in total. The first kappa shape index (κ1) is 19.2. The molecule has 0 atom stereocenters. The van der Waals surface area contributed by atoms with Crippen molar-refractivity contribution in [2.24, 2.45) is 10.7 Å². The van der Waals surface area contributed by atoms with Crippen LogP contribution in [0, 0.1) is 0 Å². The highest BCUT2D eigenvalue weighted by molar-refractivity contribution is 5.77. The Kier molecular flexibility index (Phi) is 15.6. The molecule has 0 saturated carbocycles. The summed E-state index contributed by atoms with van der Waals surface area (Å²) in [4.78, 5) is 4.25. The van der Waals surface area contributed by atoms with Gasteiger partial charge in [-0.25, -0.2) is 0 Å². The van der Waals surface area contributed by atoms with Crippen molar-refractivity contribution in [3.05, 3.63) is 0 Å². The SMILES string of the molecule is CCCCOCCCN=C(N)NCCCOCCCC. The summed E-state index contributed by atoms with van der Waals surface area (Å²) < 4.78 is 10.9. The van der Waals surface area contributed by atoms with E-state index in [1.807, 2.05) is 0 Å². The first-order valence-corrected chi connectivity index (χ1v) is 8.00. The zero-order valence-corrected chi connectivity index (χ0v) is 13.3. The van der Waals surface area contributed by atoms with Gasteiger partial charge in [-0.3, -0.25) is 4.99 Å². The maximum absolute atomic E-state index is 5.76. The van der Waals surface area contributed by atoms with E-state index in [-0.39, 0.29) is 0 Å². The summed E-state index contributed by atoms with van der Waals surface area (Å²) in [7, 11) is 0. The molecule has 5 nitrogen and oxygen atoms in total. The van der Waals surface area contributed by atoms with Gasteiger partial charge in [0.05, 0.1) is 0 Å². The maximum atomic E-state index is 5.76. The van der Waals surface area contributed by atoms with E-state index in [4.69, 9.17) is 15.2 Å². The van der Waals surface area contributed by atoms with Crippen LogP contribution in [0.25, 0.3) is 0 Å². The monoisotopic (exact) mass is 287 g/mol. The molecule has 0 unspecified atom stereocenters. The van der Waals surface area contributed by atoms with E-state index >= 15 is 0 Å². The first-order valence-electron chi connectivity index (χ1n) is 8.00. The fourth-order valence-corrected chi connectivity index (χ4v) is 1.51. The lowest BCUT2D eigenvalue weighted by molar-refractivity contribution is 0.129. The van der Waals surface area contributed by atoms with Gasteiger partial charge >= 0.3 is 0 Å². The van der Waals surface area contributed by atoms with Crippen molar-refractivity contribution in [2.45, 2.75) is 52.4 Å². The summed E-state index contributed by atoms with van der Waals surface area (Å²) in [6, 6.07) is 0. The van der Waals surface area contributed by atoms with Crippen LogP contribution in [0.3, 0.4) is 0 Å². The van der Waals surface area contributed by atoms with Crippen LogP contribution < -0.4 is 11.1 Å². The Bertz CT molecular complexity index is 223. The highest BCUT2D eigenvalue weighted by Gasteiger charge is 1.93. The van der Waals surface area contributed by atoms with Gasteiger partial charge in [-0.2, -0.15) is 0 Å². The Morgan fingerprint density at radius 3 is 2.05 bits per heavy atom. The van der Waals surface area contributed by atoms with Gasteiger partial charge in [-0.05, 0) is 25.7 Å². The van der Waals surface area contributed by atoms with Crippen molar-refractivity contribution >= 4 is 5.96 Å². The molecule has 0 spiro atoms. The number of nitrogens with two attached hydrogens (primary N) is 1. The zero-order chi connectivity index (χ0) is 14.9. The van der Waals surface area contributed by atoms with E-state index in [0.717, 1.165) is 65.2 Å². The number of hydrogen-bond donors (Lipinski definition) is 2. The normalized spacial score (nSPS) is 11.8. The summed E-state index contributed by atoms with van der Waals surface area (Å²) in [6.07, 6.45) is 6.51. The van der Waals surface area contributed by atoms with E-state index in [0.29, 0.717) is 5.96 Å². The van der Waals surface area contributed by atoms with Gasteiger partial charge in [0, 0.05) is 39.5 Å². The summed E-state index contributed by atoms with van der Waals surface area (Å²) in [6.45, 7) is 9.12. The number of guanidine groups is 1. The van der Waals surface area contributed by atoms with Gasteiger partial charge in [0.2, 0.25) is 0 Å². The van der Waals surface area contributed by atoms with Crippen molar-refractivity contribution in [1.82, 2.24) is 5.32 Å². The molecule has 0 aromatic rings. The molecule has 0 aliphatic rings.